The number of carboxylic acid groups (broad SMARTS) is 1. The van der Waals surface area contributed by atoms with E-state index in [2.05, 4.69) is 22.5 Å². The van der Waals surface area contributed by atoms with Crippen LogP contribution in [0.4, 0.5) is 10.6 Å². The van der Waals surface area contributed by atoms with Crippen LogP contribution in [0.1, 0.15) is 27.4 Å². The van der Waals surface area contributed by atoms with E-state index in [0.717, 1.165) is 22.3 Å². The minimum absolute atomic E-state index is 0.0815. The van der Waals surface area contributed by atoms with E-state index < -0.39 is 18.0 Å². The van der Waals surface area contributed by atoms with Gasteiger partial charge in [0.1, 0.15) is 12.2 Å². The fourth-order valence-electron chi connectivity index (χ4n) is 4.44. The zero-order valence-corrected chi connectivity index (χ0v) is 17.9. The first-order chi connectivity index (χ1) is 15.9. The number of carbonyl (C=O) groups excluding carboxylic acids is 2. The van der Waals surface area contributed by atoms with E-state index in [9.17, 15) is 14.4 Å². The van der Waals surface area contributed by atoms with Crippen LogP contribution in [-0.4, -0.2) is 57.5 Å². The number of aryl methyl sites for hydroxylation is 1. The Balaban J connectivity index is 1.27. The largest absolute Gasteiger partial charge is 0.481 e. The molecule has 5 rings (SSSR count). The van der Waals surface area contributed by atoms with Crippen molar-refractivity contribution < 1.29 is 24.2 Å². The molecule has 0 atom stereocenters. The molecule has 0 spiro atoms. The maximum Gasteiger partial charge on any atom is 0.412 e. The smallest absolute Gasteiger partial charge is 0.412 e. The van der Waals surface area contributed by atoms with Crippen molar-refractivity contribution >= 4 is 23.8 Å². The molecule has 3 aromatic rings. The normalized spacial score (nSPS) is 14.9. The average molecular weight is 446 g/mol. The Morgan fingerprint density at radius 2 is 1.67 bits per heavy atom. The predicted molar refractivity (Wildman–Crippen MR) is 119 cm³/mol. The summed E-state index contributed by atoms with van der Waals surface area (Å²) < 4.78 is 6.95. The van der Waals surface area contributed by atoms with Gasteiger partial charge in [-0.05, 0) is 22.3 Å². The van der Waals surface area contributed by atoms with Gasteiger partial charge >= 0.3 is 12.1 Å². The third kappa shape index (κ3) is 3.71. The number of nitrogens with zero attached hydrogens (tertiary/aromatic N) is 3. The molecule has 1 fully saturated rings. The molecular weight excluding hydrogens is 424 g/mol. The number of amides is 2. The third-order valence-electron chi connectivity index (χ3n) is 6.14. The van der Waals surface area contributed by atoms with Crippen molar-refractivity contribution in [2.75, 3.05) is 25.0 Å². The van der Waals surface area contributed by atoms with Gasteiger partial charge in [-0.2, -0.15) is 5.10 Å². The molecule has 2 aliphatic rings. The molecule has 1 saturated heterocycles. The molecule has 168 valence electrons. The lowest BCUT2D eigenvalue weighted by Gasteiger charge is -2.36. The second-order valence-electron chi connectivity index (χ2n) is 8.26. The number of aromatic nitrogens is 2. The quantitative estimate of drug-likeness (QED) is 0.623. The van der Waals surface area contributed by atoms with Crippen LogP contribution >= 0.6 is 0 Å². The van der Waals surface area contributed by atoms with Gasteiger partial charge < -0.3 is 14.7 Å². The van der Waals surface area contributed by atoms with Crippen LogP contribution in [0.25, 0.3) is 11.1 Å². The van der Waals surface area contributed by atoms with Gasteiger partial charge in [-0.3, -0.25) is 19.6 Å². The number of hydrogen-bond donors (Lipinski definition) is 2. The lowest BCUT2D eigenvalue weighted by Crippen LogP contribution is -2.53. The zero-order chi connectivity index (χ0) is 23.1. The molecular formula is C24H22N4O5. The van der Waals surface area contributed by atoms with Crippen molar-refractivity contribution in [3.63, 3.8) is 0 Å². The van der Waals surface area contributed by atoms with Crippen molar-refractivity contribution in [3.05, 3.63) is 71.4 Å². The molecule has 9 nitrogen and oxygen atoms in total. The van der Waals surface area contributed by atoms with Crippen molar-refractivity contribution in [1.82, 2.24) is 14.7 Å². The van der Waals surface area contributed by atoms with E-state index in [-0.39, 0.29) is 42.9 Å². The molecule has 2 aromatic carbocycles. The van der Waals surface area contributed by atoms with Gasteiger partial charge in [-0.25, -0.2) is 4.79 Å². The number of fused-ring (bicyclic) bond motifs is 3. The van der Waals surface area contributed by atoms with E-state index in [1.807, 2.05) is 36.4 Å². The number of benzene rings is 2. The Labute approximate surface area is 189 Å². The number of anilines is 1. The minimum Gasteiger partial charge on any atom is -0.481 e. The van der Waals surface area contributed by atoms with Gasteiger partial charge in [0.15, 0.2) is 5.82 Å². The number of rotatable bonds is 5. The van der Waals surface area contributed by atoms with Crippen LogP contribution in [0.15, 0.2) is 54.7 Å². The minimum atomic E-state index is -0.928. The van der Waals surface area contributed by atoms with Crippen LogP contribution in [0.3, 0.4) is 0 Å². The molecule has 0 saturated carbocycles. The molecule has 33 heavy (non-hydrogen) atoms. The van der Waals surface area contributed by atoms with Gasteiger partial charge in [0, 0.05) is 32.3 Å². The van der Waals surface area contributed by atoms with E-state index in [1.165, 1.54) is 15.8 Å². The third-order valence-corrected chi connectivity index (χ3v) is 6.14. The number of likely N-dealkylation sites (tertiary alicyclic amines) is 1. The summed E-state index contributed by atoms with van der Waals surface area (Å²) in [5.41, 5.74) is 4.66. The molecule has 2 amide bonds. The lowest BCUT2D eigenvalue weighted by molar-refractivity contribution is -0.146. The Morgan fingerprint density at radius 1 is 1.06 bits per heavy atom. The number of carbonyl (C=O) groups is 3. The fourth-order valence-corrected chi connectivity index (χ4v) is 4.44. The van der Waals surface area contributed by atoms with E-state index >= 15 is 0 Å². The number of nitrogens with one attached hydrogen (secondary N) is 1. The SMILES string of the molecule is Cn1cc(C(=O)N2CC(C(=O)O)C2)c(NC(=O)OCC2c3ccccc3-c3ccccc32)n1. The molecule has 2 N–H and O–H groups in total. The summed E-state index contributed by atoms with van der Waals surface area (Å²) in [6.45, 7) is 0.406. The second kappa shape index (κ2) is 8.09. The molecule has 1 aromatic heterocycles. The molecule has 0 radical (unpaired) electrons. The Bertz CT molecular complexity index is 1220. The first kappa shape index (κ1) is 20.7. The van der Waals surface area contributed by atoms with Gasteiger partial charge in [0.2, 0.25) is 0 Å². The van der Waals surface area contributed by atoms with Crippen LogP contribution in [0.2, 0.25) is 0 Å². The number of aliphatic carboxylic acids is 1. The second-order valence-corrected chi connectivity index (χ2v) is 8.26. The maximum absolute atomic E-state index is 12.7. The summed E-state index contributed by atoms with van der Waals surface area (Å²) in [5, 5.41) is 15.7. The van der Waals surface area contributed by atoms with E-state index in [4.69, 9.17) is 9.84 Å². The van der Waals surface area contributed by atoms with Crippen molar-refractivity contribution in [2.45, 2.75) is 5.92 Å². The van der Waals surface area contributed by atoms with Gasteiger partial charge in [0.25, 0.3) is 5.91 Å². The summed E-state index contributed by atoms with van der Waals surface area (Å²) in [7, 11) is 1.63. The Morgan fingerprint density at radius 3 is 2.27 bits per heavy atom. The summed E-state index contributed by atoms with van der Waals surface area (Å²) >= 11 is 0. The molecule has 1 aliphatic carbocycles. The highest BCUT2D eigenvalue weighted by molar-refractivity contribution is 6.02. The highest BCUT2D eigenvalue weighted by atomic mass is 16.5. The number of hydrogen-bond acceptors (Lipinski definition) is 5. The fraction of sp³-hybridized carbons (Fsp3) is 0.250. The molecule has 0 unspecified atom stereocenters. The summed E-state index contributed by atoms with van der Waals surface area (Å²) in [6, 6.07) is 16.1. The standard InChI is InChI=1S/C24H22N4O5/c1-27-12-19(22(29)28-10-14(11-28)23(30)31)21(26-27)25-24(32)33-13-20-17-8-4-2-6-15(17)16-7-3-5-9-18(16)20/h2-9,12,14,20H,10-11,13H2,1H3,(H,30,31)(H,25,26,32). The van der Waals surface area contributed by atoms with Crippen molar-refractivity contribution in [2.24, 2.45) is 13.0 Å². The molecule has 1 aliphatic heterocycles. The van der Waals surface area contributed by atoms with Crippen LogP contribution in [-0.2, 0) is 16.6 Å². The monoisotopic (exact) mass is 446 g/mol. The highest BCUT2D eigenvalue weighted by Gasteiger charge is 2.37. The Kier molecular flexibility index (Phi) is 5.08. The number of carboxylic acids is 1. The van der Waals surface area contributed by atoms with Crippen LogP contribution in [0.5, 0.6) is 0 Å². The summed E-state index contributed by atoms with van der Waals surface area (Å²) in [4.78, 5) is 37.8. The lowest BCUT2D eigenvalue weighted by atomic mass is 9.98. The molecule has 0 bridgehead atoms. The average Bonchev–Trinajstić information content (AvgIpc) is 3.28. The molecule has 9 heteroatoms. The number of ether oxygens (including phenoxy) is 1. The first-order valence-electron chi connectivity index (χ1n) is 10.6. The first-order valence-corrected chi connectivity index (χ1v) is 10.6. The summed E-state index contributed by atoms with van der Waals surface area (Å²) in [5.74, 6) is -1.87. The van der Waals surface area contributed by atoms with Crippen molar-refractivity contribution in [3.8, 4) is 11.1 Å². The van der Waals surface area contributed by atoms with Crippen LogP contribution in [0, 0.1) is 5.92 Å². The predicted octanol–water partition coefficient (Wildman–Crippen LogP) is 2.94. The van der Waals surface area contributed by atoms with E-state index in [1.54, 1.807) is 7.05 Å². The van der Waals surface area contributed by atoms with E-state index in [0.29, 0.717) is 0 Å². The van der Waals surface area contributed by atoms with Gasteiger partial charge in [0.05, 0.1) is 5.92 Å². The topological polar surface area (TPSA) is 114 Å². The zero-order valence-electron chi connectivity index (χ0n) is 17.9. The van der Waals surface area contributed by atoms with Gasteiger partial charge in [-0.1, -0.05) is 48.5 Å². The van der Waals surface area contributed by atoms with Crippen LogP contribution < -0.4 is 5.32 Å². The Hall–Kier alpha value is -4.14. The summed E-state index contributed by atoms with van der Waals surface area (Å²) in [6.07, 6.45) is 0.784. The highest BCUT2D eigenvalue weighted by Crippen LogP contribution is 2.44. The van der Waals surface area contributed by atoms with Crippen molar-refractivity contribution in [1.29, 1.82) is 0 Å². The van der Waals surface area contributed by atoms with Gasteiger partial charge in [-0.15, -0.1) is 0 Å². The molecule has 2 heterocycles. The maximum atomic E-state index is 12.7.